The molecule has 2 aliphatic heterocycles. The van der Waals surface area contributed by atoms with Gasteiger partial charge in [-0.1, -0.05) is 18.2 Å². The highest BCUT2D eigenvalue weighted by Crippen LogP contribution is 2.33. The first-order chi connectivity index (χ1) is 11.4. The van der Waals surface area contributed by atoms with Crippen molar-refractivity contribution in [3.63, 3.8) is 0 Å². The number of nitriles is 1. The lowest BCUT2D eigenvalue weighted by atomic mass is 9.89. The summed E-state index contributed by atoms with van der Waals surface area (Å²) in [4.78, 5) is 14.3. The van der Waals surface area contributed by atoms with Crippen molar-refractivity contribution in [3.05, 3.63) is 41.5 Å². The Bertz CT molecular complexity index is 712. The summed E-state index contributed by atoms with van der Waals surface area (Å²) < 4.78 is 11.2. The summed E-state index contributed by atoms with van der Waals surface area (Å²) in [6.07, 6.45) is 2.47. The third-order valence-corrected chi connectivity index (χ3v) is 4.17. The molecule has 0 saturated carbocycles. The lowest BCUT2D eigenvalue weighted by Crippen LogP contribution is -2.57. The van der Waals surface area contributed by atoms with Gasteiger partial charge in [0.2, 0.25) is 0 Å². The number of carbonyl (C=O) groups excluding carboxylic acids is 1. The van der Waals surface area contributed by atoms with Crippen LogP contribution in [0.2, 0.25) is 0 Å². The van der Waals surface area contributed by atoms with Crippen molar-refractivity contribution in [1.29, 1.82) is 5.26 Å². The van der Waals surface area contributed by atoms with Crippen molar-refractivity contribution >= 4 is 11.7 Å². The fourth-order valence-electron chi connectivity index (χ4n) is 3.20. The molecular formula is C19H22N2O3. The van der Waals surface area contributed by atoms with E-state index in [4.69, 9.17) is 14.7 Å². The van der Waals surface area contributed by atoms with E-state index in [-0.39, 0.29) is 18.2 Å². The molecule has 126 valence electrons. The number of rotatable bonds is 1. The molecule has 3 rings (SSSR count). The third kappa shape index (κ3) is 3.44. The van der Waals surface area contributed by atoms with Crippen molar-refractivity contribution in [1.82, 2.24) is 4.90 Å². The van der Waals surface area contributed by atoms with E-state index in [0.29, 0.717) is 25.2 Å². The number of hydrogen-bond acceptors (Lipinski definition) is 4. The SMILES string of the molecule is CC(C)(C)OC(=O)N1C2C=C(c3cccc(C#N)c3)CC1COC2. The smallest absolute Gasteiger partial charge is 0.411 e. The van der Waals surface area contributed by atoms with Gasteiger partial charge in [-0.2, -0.15) is 5.26 Å². The van der Waals surface area contributed by atoms with Gasteiger partial charge in [-0.15, -0.1) is 0 Å². The van der Waals surface area contributed by atoms with Crippen LogP contribution in [0.25, 0.3) is 5.57 Å². The van der Waals surface area contributed by atoms with Crippen molar-refractivity contribution in [2.24, 2.45) is 0 Å². The van der Waals surface area contributed by atoms with E-state index in [2.05, 4.69) is 12.1 Å². The normalized spacial score (nSPS) is 23.2. The molecule has 2 bridgehead atoms. The first kappa shape index (κ1) is 16.5. The molecule has 2 atom stereocenters. The van der Waals surface area contributed by atoms with Crippen molar-refractivity contribution in [2.45, 2.75) is 44.9 Å². The van der Waals surface area contributed by atoms with Crippen molar-refractivity contribution in [3.8, 4) is 6.07 Å². The number of hydrogen-bond donors (Lipinski definition) is 0. The summed E-state index contributed by atoms with van der Waals surface area (Å²) in [5.74, 6) is 0. The number of ether oxygens (including phenoxy) is 2. The molecule has 0 spiro atoms. The molecule has 5 nitrogen and oxygen atoms in total. The number of nitrogens with zero attached hydrogens (tertiary/aromatic N) is 2. The number of morpholine rings is 1. The Morgan fingerprint density at radius 1 is 1.38 bits per heavy atom. The molecule has 24 heavy (non-hydrogen) atoms. The van der Waals surface area contributed by atoms with Crippen molar-refractivity contribution < 1.29 is 14.3 Å². The molecule has 1 fully saturated rings. The van der Waals surface area contributed by atoms with Crippen LogP contribution in [-0.2, 0) is 9.47 Å². The Labute approximate surface area is 142 Å². The zero-order chi connectivity index (χ0) is 17.3. The van der Waals surface area contributed by atoms with Crippen LogP contribution < -0.4 is 0 Å². The molecule has 0 aliphatic carbocycles. The minimum atomic E-state index is -0.517. The molecule has 0 radical (unpaired) electrons. The Morgan fingerprint density at radius 2 is 2.17 bits per heavy atom. The predicted molar refractivity (Wildman–Crippen MR) is 90.2 cm³/mol. The lowest BCUT2D eigenvalue weighted by molar-refractivity contribution is -0.0510. The second-order valence-electron chi connectivity index (χ2n) is 7.23. The van der Waals surface area contributed by atoms with Gasteiger partial charge < -0.3 is 9.47 Å². The number of amides is 1. The predicted octanol–water partition coefficient (Wildman–Crippen LogP) is 3.35. The van der Waals surface area contributed by atoms with Gasteiger partial charge in [-0.25, -0.2) is 4.79 Å². The molecule has 2 unspecified atom stereocenters. The van der Waals surface area contributed by atoms with Crippen LogP contribution in [-0.4, -0.2) is 41.9 Å². The van der Waals surface area contributed by atoms with Crippen LogP contribution in [0.5, 0.6) is 0 Å². The molecule has 5 heteroatoms. The van der Waals surface area contributed by atoms with Gasteiger partial charge in [0.1, 0.15) is 5.60 Å². The quantitative estimate of drug-likeness (QED) is 0.794. The lowest BCUT2D eigenvalue weighted by Gasteiger charge is -2.44. The van der Waals surface area contributed by atoms with E-state index in [1.54, 1.807) is 11.0 Å². The number of benzene rings is 1. The number of fused-ring (bicyclic) bond motifs is 2. The van der Waals surface area contributed by atoms with Crippen LogP contribution in [0.15, 0.2) is 30.3 Å². The standard InChI is InChI=1S/C19H22N2O3/c1-19(2,3)24-18(22)21-16-8-15(9-17(21)12-23-11-16)14-6-4-5-13(7-14)10-20/h4-8,16-17H,9,11-12H2,1-3H3. The average Bonchev–Trinajstić information content (AvgIpc) is 2.52. The van der Waals surface area contributed by atoms with Crippen LogP contribution in [0.4, 0.5) is 4.79 Å². The molecular weight excluding hydrogens is 304 g/mol. The van der Waals surface area contributed by atoms with E-state index in [0.717, 1.165) is 11.1 Å². The first-order valence-electron chi connectivity index (χ1n) is 8.18. The molecule has 0 aromatic heterocycles. The molecule has 1 amide bonds. The summed E-state index contributed by atoms with van der Waals surface area (Å²) in [6, 6.07) is 9.59. The maximum atomic E-state index is 12.5. The monoisotopic (exact) mass is 326 g/mol. The molecule has 0 N–H and O–H groups in total. The van der Waals surface area contributed by atoms with Crippen LogP contribution in [0.1, 0.15) is 38.3 Å². The highest BCUT2D eigenvalue weighted by Gasteiger charge is 2.40. The van der Waals surface area contributed by atoms with Gasteiger partial charge in [-0.3, -0.25) is 4.90 Å². The molecule has 1 aromatic carbocycles. The summed E-state index contributed by atoms with van der Waals surface area (Å²) in [6.45, 7) is 6.59. The zero-order valence-corrected chi connectivity index (χ0v) is 14.3. The summed E-state index contributed by atoms with van der Waals surface area (Å²) in [5, 5.41) is 9.09. The summed E-state index contributed by atoms with van der Waals surface area (Å²) in [7, 11) is 0. The van der Waals surface area contributed by atoms with Gasteiger partial charge in [-0.05, 0) is 50.5 Å². The van der Waals surface area contributed by atoms with Gasteiger partial charge in [0.25, 0.3) is 0 Å². The molecule has 1 saturated heterocycles. The molecule has 2 aliphatic rings. The van der Waals surface area contributed by atoms with Crippen LogP contribution in [0.3, 0.4) is 0 Å². The number of carbonyl (C=O) groups is 1. The Hall–Kier alpha value is -2.32. The summed E-state index contributed by atoms with van der Waals surface area (Å²) in [5.41, 5.74) is 2.32. The molecule has 1 aromatic rings. The van der Waals surface area contributed by atoms with Gasteiger partial charge >= 0.3 is 6.09 Å². The van der Waals surface area contributed by atoms with E-state index in [1.165, 1.54) is 0 Å². The highest BCUT2D eigenvalue weighted by molar-refractivity contribution is 5.75. The third-order valence-electron chi connectivity index (χ3n) is 4.17. The largest absolute Gasteiger partial charge is 0.444 e. The van der Waals surface area contributed by atoms with Gasteiger partial charge in [0.05, 0.1) is 36.9 Å². The topological polar surface area (TPSA) is 62.6 Å². The Morgan fingerprint density at radius 3 is 2.83 bits per heavy atom. The Kier molecular flexibility index (Phi) is 4.33. The molecule has 2 heterocycles. The summed E-state index contributed by atoms with van der Waals surface area (Å²) >= 11 is 0. The fraction of sp³-hybridized carbons (Fsp3) is 0.474. The second kappa shape index (κ2) is 6.29. The van der Waals surface area contributed by atoms with Crippen molar-refractivity contribution in [2.75, 3.05) is 13.2 Å². The second-order valence-corrected chi connectivity index (χ2v) is 7.23. The van der Waals surface area contributed by atoms with Crippen LogP contribution in [0, 0.1) is 11.3 Å². The minimum absolute atomic E-state index is 0.0376. The zero-order valence-electron chi connectivity index (χ0n) is 14.3. The van der Waals surface area contributed by atoms with E-state index in [9.17, 15) is 4.79 Å². The first-order valence-corrected chi connectivity index (χ1v) is 8.18. The van der Waals surface area contributed by atoms with Crippen LogP contribution >= 0.6 is 0 Å². The van der Waals surface area contributed by atoms with E-state index >= 15 is 0 Å². The highest BCUT2D eigenvalue weighted by atomic mass is 16.6. The van der Waals surface area contributed by atoms with E-state index in [1.807, 2.05) is 39.0 Å². The maximum Gasteiger partial charge on any atom is 0.411 e. The fourth-order valence-corrected chi connectivity index (χ4v) is 3.20. The van der Waals surface area contributed by atoms with E-state index < -0.39 is 5.60 Å². The average molecular weight is 326 g/mol. The van der Waals surface area contributed by atoms with Gasteiger partial charge in [0.15, 0.2) is 0 Å². The Balaban J connectivity index is 1.87. The van der Waals surface area contributed by atoms with Gasteiger partial charge in [0, 0.05) is 0 Å². The minimum Gasteiger partial charge on any atom is -0.444 e. The maximum absolute atomic E-state index is 12.5.